The van der Waals surface area contributed by atoms with Gasteiger partial charge in [0.1, 0.15) is 5.75 Å². The van der Waals surface area contributed by atoms with E-state index in [0.717, 1.165) is 16.7 Å². The molecule has 27 heavy (non-hydrogen) atoms. The maximum atomic E-state index is 12.1. The number of aryl methyl sites for hydroxylation is 1. The zero-order valence-corrected chi connectivity index (χ0v) is 14.8. The Balaban J connectivity index is 1.67. The molecule has 3 aromatic carbocycles. The smallest absolute Gasteiger partial charge is 0.311 e. The first-order valence-electron chi connectivity index (χ1n) is 8.76. The number of hydrogen-bond acceptors (Lipinski definition) is 3. The van der Waals surface area contributed by atoms with Gasteiger partial charge in [0.2, 0.25) is 0 Å². The lowest BCUT2D eigenvalue weighted by Gasteiger charge is -2.06. The van der Waals surface area contributed by atoms with Gasteiger partial charge in [-0.2, -0.15) is 5.26 Å². The Kier molecular flexibility index (Phi) is 6.17. The van der Waals surface area contributed by atoms with Crippen LogP contribution in [-0.2, 0) is 11.2 Å². The SMILES string of the molecule is N#C/C(=C/c1cccc(OC(=O)CCc2ccccc2)c1)c1ccccc1. The molecule has 3 heteroatoms. The van der Waals surface area contributed by atoms with Crippen molar-refractivity contribution in [1.82, 2.24) is 0 Å². The molecule has 0 saturated carbocycles. The van der Waals surface area contributed by atoms with Crippen molar-refractivity contribution in [2.75, 3.05) is 0 Å². The predicted octanol–water partition coefficient (Wildman–Crippen LogP) is 5.29. The molecule has 3 nitrogen and oxygen atoms in total. The Morgan fingerprint density at radius 1 is 0.926 bits per heavy atom. The molecule has 0 spiro atoms. The van der Waals surface area contributed by atoms with E-state index < -0.39 is 0 Å². The molecule has 0 fully saturated rings. The zero-order chi connectivity index (χ0) is 18.9. The fraction of sp³-hybridized carbons (Fsp3) is 0.0833. The normalized spacial score (nSPS) is 10.9. The maximum Gasteiger partial charge on any atom is 0.311 e. The molecule has 3 aromatic rings. The highest BCUT2D eigenvalue weighted by Gasteiger charge is 2.07. The van der Waals surface area contributed by atoms with E-state index in [-0.39, 0.29) is 5.97 Å². The topological polar surface area (TPSA) is 50.1 Å². The van der Waals surface area contributed by atoms with Gasteiger partial charge in [-0.05, 0) is 41.3 Å². The van der Waals surface area contributed by atoms with Crippen LogP contribution < -0.4 is 4.74 Å². The predicted molar refractivity (Wildman–Crippen MR) is 107 cm³/mol. The standard InChI is InChI=1S/C24H19NO2/c25-18-22(21-11-5-2-6-12-21)16-20-10-7-13-23(17-20)27-24(26)15-14-19-8-3-1-4-9-19/h1-13,16-17H,14-15H2/b22-16-. The van der Waals surface area contributed by atoms with Crippen molar-refractivity contribution in [3.8, 4) is 11.8 Å². The molecular formula is C24H19NO2. The molecule has 0 unspecified atom stereocenters. The number of allylic oxidation sites excluding steroid dienone is 1. The molecule has 0 aliphatic heterocycles. The van der Waals surface area contributed by atoms with Crippen LogP contribution in [0.2, 0.25) is 0 Å². The molecule has 0 N–H and O–H groups in total. The van der Waals surface area contributed by atoms with Crippen LogP contribution in [0.4, 0.5) is 0 Å². The zero-order valence-electron chi connectivity index (χ0n) is 14.8. The van der Waals surface area contributed by atoms with Crippen molar-refractivity contribution in [3.63, 3.8) is 0 Å². The first kappa shape index (κ1) is 18.2. The molecule has 0 amide bonds. The fourth-order valence-corrected chi connectivity index (χ4v) is 2.71. The fourth-order valence-electron chi connectivity index (χ4n) is 2.71. The number of hydrogen-bond donors (Lipinski definition) is 0. The second-order valence-electron chi connectivity index (χ2n) is 6.07. The lowest BCUT2D eigenvalue weighted by molar-refractivity contribution is -0.134. The van der Waals surface area contributed by atoms with Crippen molar-refractivity contribution >= 4 is 17.6 Å². The van der Waals surface area contributed by atoms with E-state index in [2.05, 4.69) is 6.07 Å². The van der Waals surface area contributed by atoms with Gasteiger partial charge in [-0.25, -0.2) is 0 Å². The Bertz CT molecular complexity index is 970. The number of nitriles is 1. The van der Waals surface area contributed by atoms with Gasteiger partial charge >= 0.3 is 5.97 Å². The van der Waals surface area contributed by atoms with Crippen molar-refractivity contribution in [2.45, 2.75) is 12.8 Å². The first-order valence-corrected chi connectivity index (χ1v) is 8.76. The highest BCUT2D eigenvalue weighted by atomic mass is 16.5. The molecule has 132 valence electrons. The van der Waals surface area contributed by atoms with Crippen LogP contribution in [0.15, 0.2) is 84.9 Å². The second kappa shape index (κ2) is 9.17. The summed E-state index contributed by atoms with van der Waals surface area (Å²) in [6, 6.07) is 28.7. The van der Waals surface area contributed by atoms with Crippen LogP contribution in [0.5, 0.6) is 5.75 Å². The molecule has 0 aliphatic rings. The van der Waals surface area contributed by atoms with Gasteiger partial charge in [0.25, 0.3) is 0 Å². The van der Waals surface area contributed by atoms with Gasteiger partial charge in [-0.3, -0.25) is 4.79 Å². The summed E-state index contributed by atoms with van der Waals surface area (Å²) in [7, 11) is 0. The lowest BCUT2D eigenvalue weighted by atomic mass is 10.0. The number of benzene rings is 3. The number of esters is 1. The first-order chi connectivity index (χ1) is 13.2. The van der Waals surface area contributed by atoms with Gasteiger partial charge in [0.05, 0.1) is 11.6 Å². The molecule has 3 rings (SSSR count). The quantitative estimate of drug-likeness (QED) is 0.262. The summed E-state index contributed by atoms with van der Waals surface area (Å²) < 4.78 is 5.45. The summed E-state index contributed by atoms with van der Waals surface area (Å²) in [4.78, 5) is 12.1. The van der Waals surface area contributed by atoms with E-state index >= 15 is 0 Å². The monoisotopic (exact) mass is 353 g/mol. The molecule has 0 bridgehead atoms. The van der Waals surface area contributed by atoms with Crippen LogP contribution in [0.25, 0.3) is 11.6 Å². The summed E-state index contributed by atoms with van der Waals surface area (Å²) in [5.41, 5.74) is 3.32. The van der Waals surface area contributed by atoms with E-state index in [1.165, 1.54) is 0 Å². The van der Waals surface area contributed by atoms with E-state index in [9.17, 15) is 10.1 Å². The second-order valence-corrected chi connectivity index (χ2v) is 6.07. The third kappa shape index (κ3) is 5.42. The maximum absolute atomic E-state index is 12.1. The molecule has 0 atom stereocenters. The summed E-state index contributed by atoms with van der Waals surface area (Å²) in [6.07, 6.45) is 2.75. The lowest BCUT2D eigenvalue weighted by Crippen LogP contribution is -2.09. The average molecular weight is 353 g/mol. The summed E-state index contributed by atoms with van der Waals surface area (Å²) in [6.45, 7) is 0. The van der Waals surface area contributed by atoms with Gasteiger partial charge < -0.3 is 4.74 Å². The highest BCUT2D eigenvalue weighted by Crippen LogP contribution is 2.21. The molecule has 0 saturated heterocycles. The van der Waals surface area contributed by atoms with Crippen LogP contribution in [0.1, 0.15) is 23.1 Å². The van der Waals surface area contributed by atoms with E-state index in [1.807, 2.05) is 72.8 Å². The van der Waals surface area contributed by atoms with Crippen LogP contribution in [-0.4, -0.2) is 5.97 Å². The summed E-state index contributed by atoms with van der Waals surface area (Å²) >= 11 is 0. The molecule has 0 aliphatic carbocycles. The van der Waals surface area contributed by atoms with Gasteiger partial charge in [-0.1, -0.05) is 72.8 Å². The number of carbonyl (C=O) groups is 1. The number of rotatable bonds is 6. The number of ether oxygens (including phenoxy) is 1. The summed E-state index contributed by atoms with van der Waals surface area (Å²) in [5.74, 6) is 0.204. The van der Waals surface area contributed by atoms with Crippen molar-refractivity contribution in [2.24, 2.45) is 0 Å². The Labute approximate surface area is 159 Å². The number of carbonyl (C=O) groups excluding carboxylic acids is 1. The van der Waals surface area contributed by atoms with Gasteiger partial charge in [-0.15, -0.1) is 0 Å². The van der Waals surface area contributed by atoms with E-state index in [1.54, 1.807) is 18.2 Å². The summed E-state index contributed by atoms with van der Waals surface area (Å²) in [5, 5.41) is 9.43. The minimum absolute atomic E-state index is 0.274. The van der Waals surface area contributed by atoms with Crippen molar-refractivity contribution < 1.29 is 9.53 Å². The molecule has 0 heterocycles. The third-order valence-electron chi connectivity index (χ3n) is 4.07. The van der Waals surface area contributed by atoms with Crippen molar-refractivity contribution in [3.05, 3.63) is 102 Å². The van der Waals surface area contributed by atoms with Gasteiger partial charge in [0, 0.05) is 6.42 Å². The van der Waals surface area contributed by atoms with Crippen LogP contribution in [0, 0.1) is 11.3 Å². The minimum atomic E-state index is -0.274. The Hall–Kier alpha value is -3.64. The largest absolute Gasteiger partial charge is 0.426 e. The van der Waals surface area contributed by atoms with E-state index in [0.29, 0.717) is 24.2 Å². The average Bonchev–Trinajstić information content (AvgIpc) is 2.72. The highest BCUT2D eigenvalue weighted by molar-refractivity contribution is 5.89. The Morgan fingerprint density at radius 2 is 1.63 bits per heavy atom. The Morgan fingerprint density at radius 3 is 2.33 bits per heavy atom. The van der Waals surface area contributed by atoms with Gasteiger partial charge in [0.15, 0.2) is 0 Å². The third-order valence-corrected chi connectivity index (χ3v) is 4.07. The van der Waals surface area contributed by atoms with Crippen LogP contribution >= 0.6 is 0 Å². The molecule has 0 aromatic heterocycles. The molecule has 0 radical (unpaired) electrons. The van der Waals surface area contributed by atoms with E-state index in [4.69, 9.17) is 4.74 Å². The number of nitrogens with zero attached hydrogens (tertiary/aromatic N) is 1. The van der Waals surface area contributed by atoms with Crippen LogP contribution in [0.3, 0.4) is 0 Å². The van der Waals surface area contributed by atoms with Crippen molar-refractivity contribution in [1.29, 1.82) is 5.26 Å². The minimum Gasteiger partial charge on any atom is -0.426 e. The molecular weight excluding hydrogens is 334 g/mol.